The summed E-state index contributed by atoms with van der Waals surface area (Å²) in [6.07, 6.45) is 20.7. The van der Waals surface area contributed by atoms with Crippen molar-refractivity contribution in [1.82, 2.24) is 0 Å². The van der Waals surface area contributed by atoms with Crippen LogP contribution in [0.5, 0.6) is 0 Å². The van der Waals surface area contributed by atoms with E-state index in [4.69, 9.17) is 33.8 Å². The van der Waals surface area contributed by atoms with Crippen LogP contribution in [-0.2, 0) is 0 Å². The van der Waals surface area contributed by atoms with Gasteiger partial charge in [-0.2, -0.15) is 22.2 Å². The molecule has 0 bridgehead atoms. The molecule has 0 aromatic heterocycles. The average Bonchev–Trinajstić information content (AvgIpc) is 2.46. The van der Waals surface area contributed by atoms with Crippen molar-refractivity contribution in [2.75, 3.05) is 5.88 Å². The van der Waals surface area contributed by atoms with E-state index in [0.717, 1.165) is 11.9 Å². The van der Waals surface area contributed by atoms with Gasteiger partial charge >= 0.3 is 0 Å². The number of hydrogen-bond donors (Lipinski definition) is 0. The molecule has 0 saturated carbocycles. The van der Waals surface area contributed by atoms with E-state index in [2.05, 4.69) is 0 Å². The molecule has 4 heteroatoms. The van der Waals surface area contributed by atoms with E-state index < -0.39 is 7.42 Å². The van der Waals surface area contributed by atoms with E-state index in [1.807, 2.05) is 0 Å². The maximum atomic E-state index is 5.84. The van der Waals surface area contributed by atoms with Gasteiger partial charge in [0.25, 0.3) is 0 Å². The van der Waals surface area contributed by atoms with Gasteiger partial charge in [0.05, 0.1) is 0 Å². The lowest BCUT2D eigenvalue weighted by Gasteiger charge is -2.03. The van der Waals surface area contributed by atoms with Crippen LogP contribution in [-0.4, -0.2) is 13.3 Å². The van der Waals surface area contributed by atoms with Gasteiger partial charge in [0.15, 0.2) is 0 Å². The van der Waals surface area contributed by atoms with E-state index in [0.29, 0.717) is 0 Å². The summed E-state index contributed by atoms with van der Waals surface area (Å²) in [7, 11) is -1.32. The molecule has 0 nitrogen and oxygen atoms in total. The number of hydrogen-bond acceptors (Lipinski definition) is 0. The standard InChI is InChI=1S/C17H35Cl3Si/c18-16-14-12-10-8-6-4-2-1-3-5-7-9-11-13-15-17-21(19)20/h21H,1-17H2. The van der Waals surface area contributed by atoms with E-state index >= 15 is 0 Å². The first-order valence-electron chi connectivity index (χ1n) is 9.11. The molecule has 0 rings (SSSR count). The number of rotatable bonds is 17. The van der Waals surface area contributed by atoms with Crippen LogP contribution in [0.3, 0.4) is 0 Å². The number of halogens is 3. The smallest absolute Gasteiger partial charge is 0.150 e. The lowest BCUT2D eigenvalue weighted by molar-refractivity contribution is 0.534. The summed E-state index contributed by atoms with van der Waals surface area (Å²) in [6, 6.07) is 1.09. The molecular formula is C17H35Cl3Si. The Balaban J connectivity index is 2.93. The quantitative estimate of drug-likeness (QED) is 0.106. The highest BCUT2D eigenvalue weighted by atomic mass is 35.7. The molecule has 0 aromatic rings. The summed E-state index contributed by atoms with van der Waals surface area (Å²) in [5.74, 6) is 0.835. The Morgan fingerprint density at radius 3 is 1.00 bits per heavy atom. The fraction of sp³-hybridized carbons (Fsp3) is 1.00. The van der Waals surface area contributed by atoms with E-state index in [9.17, 15) is 0 Å². The van der Waals surface area contributed by atoms with Gasteiger partial charge in [0.1, 0.15) is 0 Å². The molecule has 0 heterocycles. The number of alkyl halides is 1. The molecule has 0 radical (unpaired) electrons. The van der Waals surface area contributed by atoms with E-state index in [-0.39, 0.29) is 0 Å². The zero-order chi connectivity index (χ0) is 15.6. The van der Waals surface area contributed by atoms with Crippen molar-refractivity contribution in [2.24, 2.45) is 0 Å². The summed E-state index contributed by atoms with van der Waals surface area (Å²) in [6.45, 7) is 0. The van der Waals surface area contributed by atoms with Gasteiger partial charge in [-0.1, -0.05) is 89.9 Å². The third-order valence-corrected chi connectivity index (χ3v) is 6.48. The van der Waals surface area contributed by atoms with Crippen molar-refractivity contribution < 1.29 is 0 Å². The second-order valence-electron chi connectivity index (χ2n) is 6.17. The van der Waals surface area contributed by atoms with Crippen LogP contribution < -0.4 is 0 Å². The molecule has 0 amide bonds. The summed E-state index contributed by atoms with van der Waals surface area (Å²) < 4.78 is 0. The summed E-state index contributed by atoms with van der Waals surface area (Å²) in [5.41, 5.74) is 0. The lowest BCUT2D eigenvalue weighted by Crippen LogP contribution is -1.91. The molecule has 0 N–H and O–H groups in total. The number of unbranched alkanes of at least 4 members (excludes halogenated alkanes) is 14. The van der Waals surface area contributed by atoms with Crippen molar-refractivity contribution in [3.8, 4) is 0 Å². The van der Waals surface area contributed by atoms with Crippen LogP contribution in [0, 0.1) is 0 Å². The van der Waals surface area contributed by atoms with Crippen LogP contribution >= 0.6 is 33.8 Å². The van der Waals surface area contributed by atoms with Crippen LogP contribution in [0.2, 0.25) is 6.04 Å². The van der Waals surface area contributed by atoms with Gasteiger partial charge in [0.2, 0.25) is 7.42 Å². The van der Waals surface area contributed by atoms with Crippen LogP contribution in [0.1, 0.15) is 96.3 Å². The third-order valence-electron chi connectivity index (χ3n) is 4.06. The van der Waals surface area contributed by atoms with Crippen molar-refractivity contribution in [1.29, 1.82) is 0 Å². The summed E-state index contributed by atoms with van der Waals surface area (Å²) >= 11 is 17.3. The molecule has 0 atom stereocenters. The molecule has 0 aromatic carbocycles. The van der Waals surface area contributed by atoms with Crippen LogP contribution in [0.4, 0.5) is 0 Å². The fourth-order valence-corrected chi connectivity index (χ4v) is 4.40. The third kappa shape index (κ3) is 21.1. The molecular weight excluding hydrogens is 339 g/mol. The molecule has 0 aliphatic carbocycles. The zero-order valence-corrected chi connectivity index (χ0v) is 17.2. The lowest BCUT2D eigenvalue weighted by atomic mass is 10.0. The van der Waals surface area contributed by atoms with Crippen molar-refractivity contribution in [3.05, 3.63) is 0 Å². The second-order valence-corrected chi connectivity index (χ2v) is 11.7. The Kier molecular flexibility index (Phi) is 20.1. The largest absolute Gasteiger partial charge is 0.237 e. The van der Waals surface area contributed by atoms with E-state index in [1.165, 1.54) is 96.3 Å². The Hall–Kier alpha value is 1.09. The highest BCUT2D eigenvalue weighted by Crippen LogP contribution is 2.15. The molecule has 0 fully saturated rings. The van der Waals surface area contributed by atoms with Crippen LogP contribution in [0.25, 0.3) is 0 Å². The Bertz CT molecular complexity index is 189. The zero-order valence-electron chi connectivity index (χ0n) is 13.7. The summed E-state index contributed by atoms with van der Waals surface area (Å²) in [4.78, 5) is 0. The SMILES string of the molecule is ClCCCCCCCCCCCCCCCCC[SiH](Cl)Cl. The monoisotopic (exact) mass is 372 g/mol. The topological polar surface area (TPSA) is 0 Å². The Morgan fingerprint density at radius 2 is 0.714 bits per heavy atom. The first-order chi connectivity index (χ1) is 10.3. The second kappa shape index (κ2) is 19.1. The average molecular weight is 374 g/mol. The van der Waals surface area contributed by atoms with Gasteiger partial charge in [0, 0.05) is 5.88 Å². The molecule has 0 unspecified atom stereocenters. The van der Waals surface area contributed by atoms with Gasteiger partial charge in [-0.05, 0) is 12.5 Å². The minimum Gasteiger partial charge on any atom is -0.150 e. The molecule has 0 spiro atoms. The molecule has 0 aliphatic rings. The van der Waals surface area contributed by atoms with Gasteiger partial charge in [-0.3, -0.25) is 0 Å². The van der Waals surface area contributed by atoms with Gasteiger partial charge < -0.3 is 0 Å². The first kappa shape index (κ1) is 22.1. The Morgan fingerprint density at radius 1 is 0.429 bits per heavy atom. The van der Waals surface area contributed by atoms with Gasteiger partial charge in [-0.25, -0.2) is 0 Å². The minimum absolute atomic E-state index is 0.835. The predicted octanol–water partition coefficient (Wildman–Crippen LogP) is 7.77. The molecule has 21 heavy (non-hydrogen) atoms. The van der Waals surface area contributed by atoms with Crippen molar-refractivity contribution in [2.45, 2.75) is 102 Å². The molecule has 128 valence electrons. The highest BCUT2D eigenvalue weighted by molar-refractivity contribution is 7.33. The molecule has 0 saturated heterocycles. The fourth-order valence-electron chi connectivity index (χ4n) is 2.69. The minimum atomic E-state index is -1.32. The maximum Gasteiger partial charge on any atom is 0.237 e. The van der Waals surface area contributed by atoms with Crippen LogP contribution in [0.15, 0.2) is 0 Å². The maximum absolute atomic E-state index is 5.84. The first-order valence-corrected chi connectivity index (χ1v) is 14.0. The predicted molar refractivity (Wildman–Crippen MR) is 104 cm³/mol. The summed E-state index contributed by atoms with van der Waals surface area (Å²) in [5, 5.41) is 0. The normalized spacial score (nSPS) is 11.4. The van der Waals surface area contributed by atoms with E-state index in [1.54, 1.807) is 0 Å². The Labute approximate surface area is 149 Å². The van der Waals surface area contributed by atoms with Gasteiger partial charge in [-0.15, -0.1) is 11.6 Å². The molecule has 0 aliphatic heterocycles. The highest BCUT2D eigenvalue weighted by Gasteiger charge is 2.00. The van der Waals surface area contributed by atoms with Crippen molar-refractivity contribution >= 4 is 41.2 Å². The van der Waals surface area contributed by atoms with Crippen molar-refractivity contribution in [3.63, 3.8) is 0 Å².